The van der Waals surface area contributed by atoms with Gasteiger partial charge in [-0.2, -0.15) is 0 Å². The van der Waals surface area contributed by atoms with Gasteiger partial charge >= 0.3 is 0 Å². The summed E-state index contributed by atoms with van der Waals surface area (Å²) in [4.78, 5) is 25.7. The molecule has 3 N–H and O–H groups in total. The van der Waals surface area contributed by atoms with E-state index in [-0.39, 0.29) is 36.5 Å². The molecule has 2 aliphatic rings. The number of methoxy groups -OCH3 is 1. The summed E-state index contributed by atoms with van der Waals surface area (Å²) in [5.74, 6) is 0.134. The van der Waals surface area contributed by atoms with Crippen LogP contribution in [0.15, 0.2) is 48.5 Å². The van der Waals surface area contributed by atoms with E-state index in [2.05, 4.69) is 22.5 Å². The van der Waals surface area contributed by atoms with Gasteiger partial charge in [-0.3, -0.25) is 14.5 Å². The number of hydrogen-bond donors (Lipinski definition) is 3. The summed E-state index contributed by atoms with van der Waals surface area (Å²) in [5.41, 5.74) is 3.91. The van der Waals surface area contributed by atoms with Crippen molar-refractivity contribution >= 4 is 11.8 Å². The highest BCUT2D eigenvalue weighted by Gasteiger charge is 2.40. The van der Waals surface area contributed by atoms with E-state index in [4.69, 9.17) is 14.2 Å². The van der Waals surface area contributed by atoms with Crippen LogP contribution < -0.4 is 10.6 Å². The van der Waals surface area contributed by atoms with Gasteiger partial charge in [-0.25, -0.2) is 0 Å². The Morgan fingerprint density at radius 2 is 1.70 bits per heavy atom. The monoisotopic (exact) mass is 595 g/mol. The maximum atomic E-state index is 12.3. The Morgan fingerprint density at radius 1 is 0.977 bits per heavy atom. The van der Waals surface area contributed by atoms with Gasteiger partial charge in [0.1, 0.15) is 0 Å². The van der Waals surface area contributed by atoms with E-state index in [1.165, 1.54) is 6.92 Å². The van der Waals surface area contributed by atoms with Crippen LogP contribution in [0, 0.1) is 5.92 Å². The average Bonchev–Trinajstić information content (AvgIpc) is 3.45. The van der Waals surface area contributed by atoms with Gasteiger partial charge in [0.25, 0.3) is 0 Å². The van der Waals surface area contributed by atoms with Gasteiger partial charge in [0.2, 0.25) is 11.8 Å². The number of nitrogens with one attached hydrogen (secondary N) is 2. The number of benzene rings is 2. The van der Waals surface area contributed by atoms with E-state index >= 15 is 0 Å². The summed E-state index contributed by atoms with van der Waals surface area (Å²) in [6, 6.07) is 16.5. The molecule has 4 rings (SSSR count). The van der Waals surface area contributed by atoms with Crippen LogP contribution >= 0.6 is 0 Å². The van der Waals surface area contributed by atoms with Crippen LogP contribution in [0.3, 0.4) is 0 Å². The summed E-state index contributed by atoms with van der Waals surface area (Å²) in [7, 11) is 1.76. The fourth-order valence-corrected chi connectivity index (χ4v) is 6.01. The lowest BCUT2D eigenvalue weighted by Gasteiger charge is -2.43. The number of aliphatic hydroxyl groups excluding tert-OH is 1. The second-order valence-corrected chi connectivity index (χ2v) is 11.9. The minimum Gasteiger partial charge on any atom is -0.392 e. The molecular formula is C34H49N3O6. The molecule has 2 saturated heterocycles. The molecule has 5 atom stereocenters. The zero-order valence-corrected chi connectivity index (χ0v) is 25.9. The van der Waals surface area contributed by atoms with Crippen molar-refractivity contribution < 1.29 is 28.9 Å². The Balaban J connectivity index is 1.37. The molecule has 0 saturated carbocycles. The topological polar surface area (TPSA) is 109 Å². The predicted molar refractivity (Wildman–Crippen MR) is 165 cm³/mol. The van der Waals surface area contributed by atoms with Crippen LogP contribution in [0.4, 0.5) is 0 Å². The first kappa shape index (κ1) is 33.1. The van der Waals surface area contributed by atoms with E-state index in [1.807, 2.05) is 48.5 Å². The molecule has 2 heterocycles. The molecule has 0 unspecified atom stereocenters. The minimum atomic E-state index is -0.520. The van der Waals surface area contributed by atoms with Gasteiger partial charge in [-0.15, -0.1) is 0 Å². The third-order valence-corrected chi connectivity index (χ3v) is 8.59. The van der Waals surface area contributed by atoms with Crippen molar-refractivity contribution in [2.45, 2.75) is 90.1 Å². The molecule has 0 spiro atoms. The first-order chi connectivity index (χ1) is 20.9. The molecule has 2 amide bonds. The van der Waals surface area contributed by atoms with Crippen molar-refractivity contribution in [2.24, 2.45) is 5.92 Å². The lowest BCUT2D eigenvalue weighted by atomic mass is 9.90. The molecule has 9 nitrogen and oxygen atoms in total. The van der Waals surface area contributed by atoms with Crippen LogP contribution in [0.25, 0.3) is 0 Å². The first-order valence-electron chi connectivity index (χ1n) is 15.7. The maximum Gasteiger partial charge on any atom is 0.220 e. The summed E-state index contributed by atoms with van der Waals surface area (Å²) in [5, 5.41) is 15.3. The number of likely N-dealkylation sites (tertiary alicyclic amines) is 1. The van der Waals surface area contributed by atoms with Crippen molar-refractivity contribution in [1.82, 2.24) is 15.5 Å². The van der Waals surface area contributed by atoms with Gasteiger partial charge < -0.3 is 30.0 Å². The van der Waals surface area contributed by atoms with Crippen LogP contribution in [0.1, 0.15) is 87.0 Å². The van der Waals surface area contributed by atoms with Crippen molar-refractivity contribution in [3.63, 3.8) is 0 Å². The quantitative estimate of drug-likeness (QED) is 0.262. The third-order valence-electron chi connectivity index (χ3n) is 8.59. The molecule has 0 aromatic heterocycles. The number of carbonyl (C=O) groups is 2. The summed E-state index contributed by atoms with van der Waals surface area (Å²) in [6.07, 6.45) is 4.65. The Hall–Kier alpha value is -2.82. The van der Waals surface area contributed by atoms with E-state index in [0.717, 1.165) is 74.1 Å². The number of aliphatic hydroxyl groups is 1. The lowest BCUT2D eigenvalue weighted by molar-refractivity contribution is -0.276. The fraction of sp³-hybridized carbons (Fsp3) is 0.588. The SMILES string of the molecule is COC[C@@H]1CCCN1C[C@H]1O[C@@H](c2ccc(CNC(=O)CCCCCNC(C)=O)cc2)O[C@@H](c2ccc(CO)cc2)[C@H]1C. The number of rotatable bonds is 15. The van der Waals surface area contributed by atoms with Gasteiger partial charge in [0, 0.05) is 57.6 Å². The Morgan fingerprint density at radius 3 is 2.40 bits per heavy atom. The van der Waals surface area contributed by atoms with Crippen molar-refractivity contribution in [3.8, 4) is 0 Å². The van der Waals surface area contributed by atoms with Gasteiger partial charge in [-0.1, -0.05) is 61.9 Å². The molecule has 9 heteroatoms. The molecule has 2 aliphatic heterocycles. The van der Waals surface area contributed by atoms with Crippen molar-refractivity contribution in [2.75, 3.05) is 33.4 Å². The highest BCUT2D eigenvalue weighted by atomic mass is 16.7. The Labute approximate surface area is 256 Å². The normalized spacial score (nSPS) is 24.1. The molecule has 2 fully saturated rings. The first-order valence-corrected chi connectivity index (χ1v) is 15.7. The second-order valence-electron chi connectivity index (χ2n) is 11.9. The standard InChI is InChI=1S/C34H49N3O6/c1-24-31(21-37-19-7-8-30(37)23-41-3)42-34(43-33(24)28-14-12-27(22-38)13-15-28)29-16-10-26(11-17-29)20-36-32(40)9-5-4-6-18-35-25(2)39/h10-17,24,30-31,33-34,38H,4-9,18-23H2,1-3H3,(H,35,39)(H,36,40)/t24-,30-,31+,33+,34+/m0/s1. The summed E-state index contributed by atoms with van der Waals surface area (Å²) >= 11 is 0. The molecule has 43 heavy (non-hydrogen) atoms. The van der Waals surface area contributed by atoms with Crippen molar-refractivity contribution in [1.29, 1.82) is 0 Å². The molecular weight excluding hydrogens is 546 g/mol. The number of ether oxygens (including phenoxy) is 3. The van der Waals surface area contributed by atoms with E-state index < -0.39 is 6.29 Å². The van der Waals surface area contributed by atoms with Crippen LogP contribution in [0.2, 0.25) is 0 Å². The molecule has 236 valence electrons. The predicted octanol–water partition coefficient (Wildman–Crippen LogP) is 4.39. The number of amides is 2. The van der Waals surface area contributed by atoms with Crippen LogP contribution in [-0.2, 0) is 37.0 Å². The third kappa shape index (κ3) is 9.84. The average molecular weight is 596 g/mol. The zero-order chi connectivity index (χ0) is 30.6. The largest absolute Gasteiger partial charge is 0.392 e. The molecule has 2 aromatic rings. The highest BCUT2D eigenvalue weighted by Crippen LogP contribution is 2.42. The number of hydrogen-bond acceptors (Lipinski definition) is 7. The van der Waals surface area contributed by atoms with Gasteiger partial charge in [0.15, 0.2) is 6.29 Å². The van der Waals surface area contributed by atoms with Gasteiger partial charge in [0.05, 0.1) is 25.4 Å². The van der Waals surface area contributed by atoms with E-state index in [9.17, 15) is 14.7 Å². The maximum absolute atomic E-state index is 12.3. The molecule has 2 aromatic carbocycles. The highest BCUT2D eigenvalue weighted by molar-refractivity contribution is 5.75. The fourth-order valence-electron chi connectivity index (χ4n) is 6.01. The van der Waals surface area contributed by atoms with Crippen molar-refractivity contribution in [3.05, 3.63) is 70.8 Å². The number of carbonyl (C=O) groups excluding carboxylic acids is 2. The molecule has 0 bridgehead atoms. The Kier molecular flexibility index (Phi) is 13.0. The van der Waals surface area contributed by atoms with Crippen LogP contribution in [0.5, 0.6) is 0 Å². The smallest absolute Gasteiger partial charge is 0.220 e. The zero-order valence-electron chi connectivity index (χ0n) is 25.9. The van der Waals surface area contributed by atoms with E-state index in [0.29, 0.717) is 25.6 Å². The summed E-state index contributed by atoms with van der Waals surface area (Å²) < 4.78 is 18.8. The van der Waals surface area contributed by atoms with Gasteiger partial charge in [-0.05, 0) is 48.9 Å². The van der Waals surface area contributed by atoms with E-state index in [1.54, 1.807) is 7.11 Å². The minimum absolute atomic E-state index is 0.0122. The Bertz CT molecular complexity index is 1140. The number of nitrogens with zero attached hydrogens (tertiary/aromatic N) is 1. The number of unbranched alkanes of at least 4 members (excludes halogenated alkanes) is 2. The lowest BCUT2D eigenvalue weighted by Crippen LogP contribution is -2.46. The summed E-state index contributed by atoms with van der Waals surface area (Å²) in [6.45, 7) is 7.42. The molecule has 0 aliphatic carbocycles. The van der Waals surface area contributed by atoms with Crippen LogP contribution in [-0.4, -0.2) is 67.3 Å². The molecule has 0 radical (unpaired) electrons. The second kappa shape index (κ2) is 16.9.